The first-order valence-electron chi connectivity index (χ1n) is 11.9. The SMILES string of the molecule is CC(C)OC(=O)C[C@@H](C)N[P@@](=O)(CO[C@H](C)Cn1cnc2c(N)ncnc21)N[C@@H](C)C(=O)OC(C)C. The van der Waals surface area contributed by atoms with Gasteiger partial charge in [0.15, 0.2) is 11.5 Å². The van der Waals surface area contributed by atoms with Gasteiger partial charge < -0.3 is 24.5 Å². The van der Waals surface area contributed by atoms with Crippen LogP contribution in [0.15, 0.2) is 12.7 Å². The summed E-state index contributed by atoms with van der Waals surface area (Å²) in [5.74, 6) is -0.696. The zero-order chi connectivity index (χ0) is 27.0. The molecular weight excluding hydrogens is 489 g/mol. The summed E-state index contributed by atoms with van der Waals surface area (Å²) in [6.45, 7) is 12.4. The van der Waals surface area contributed by atoms with Crippen LogP contribution in [0.1, 0.15) is 54.9 Å². The number of nitrogens with one attached hydrogen (secondary N) is 2. The average molecular weight is 528 g/mol. The Morgan fingerprint density at radius 1 is 1.03 bits per heavy atom. The Morgan fingerprint density at radius 3 is 2.33 bits per heavy atom. The summed E-state index contributed by atoms with van der Waals surface area (Å²) < 4.78 is 31.9. The first-order valence-corrected chi connectivity index (χ1v) is 13.8. The molecule has 0 saturated carbocycles. The zero-order valence-electron chi connectivity index (χ0n) is 21.9. The fourth-order valence-electron chi connectivity index (χ4n) is 3.37. The minimum absolute atomic E-state index is 0.00756. The highest BCUT2D eigenvalue weighted by Gasteiger charge is 2.31. The maximum absolute atomic E-state index is 13.8. The molecule has 0 spiro atoms. The lowest BCUT2D eigenvalue weighted by Crippen LogP contribution is -2.41. The second-order valence-electron chi connectivity index (χ2n) is 9.28. The number of nitrogens with zero attached hydrogens (tertiary/aromatic N) is 4. The molecule has 202 valence electrons. The van der Waals surface area contributed by atoms with E-state index >= 15 is 0 Å². The van der Waals surface area contributed by atoms with Gasteiger partial charge in [-0.25, -0.2) is 25.1 Å². The minimum atomic E-state index is -3.52. The Hall–Kier alpha value is -2.60. The van der Waals surface area contributed by atoms with Crippen LogP contribution in [0.25, 0.3) is 11.2 Å². The summed E-state index contributed by atoms with van der Waals surface area (Å²) >= 11 is 0. The molecule has 0 saturated heterocycles. The Kier molecular flexibility index (Phi) is 10.8. The number of carbonyl (C=O) groups excluding carboxylic acids is 2. The molecule has 0 aliphatic heterocycles. The smallest absolute Gasteiger partial charge is 0.323 e. The number of anilines is 1. The van der Waals surface area contributed by atoms with E-state index in [1.807, 2.05) is 0 Å². The lowest BCUT2D eigenvalue weighted by Gasteiger charge is -2.28. The molecular formula is C22H38N7O6P. The highest BCUT2D eigenvalue weighted by Crippen LogP contribution is 2.38. The first kappa shape index (κ1) is 29.6. The molecule has 4 N–H and O–H groups in total. The lowest BCUT2D eigenvalue weighted by molar-refractivity contribution is -0.149. The maximum Gasteiger partial charge on any atom is 0.323 e. The number of ether oxygens (including phenoxy) is 3. The fraction of sp³-hybridized carbons (Fsp3) is 0.682. The number of esters is 2. The Labute approximate surface area is 211 Å². The van der Waals surface area contributed by atoms with Crippen LogP contribution in [0.3, 0.4) is 0 Å². The third-order valence-electron chi connectivity index (χ3n) is 4.80. The number of imidazole rings is 1. The quantitative estimate of drug-likeness (QED) is 0.242. The predicted molar refractivity (Wildman–Crippen MR) is 135 cm³/mol. The van der Waals surface area contributed by atoms with Crippen molar-refractivity contribution in [2.45, 2.75) is 91.8 Å². The molecule has 0 amide bonds. The summed E-state index contributed by atoms with van der Waals surface area (Å²) in [5.41, 5.74) is 6.88. The molecule has 2 aromatic rings. The summed E-state index contributed by atoms with van der Waals surface area (Å²) in [7, 11) is -3.52. The Bertz CT molecular complexity index is 1080. The van der Waals surface area contributed by atoms with Gasteiger partial charge in [0.25, 0.3) is 0 Å². The molecule has 36 heavy (non-hydrogen) atoms. The molecule has 0 aliphatic carbocycles. The Morgan fingerprint density at radius 2 is 1.69 bits per heavy atom. The van der Waals surface area contributed by atoms with Crippen LogP contribution >= 0.6 is 7.44 Å². The van der Waals surface area contributed by atoms with Crippen LogP contribution in [0, 0.1) is 0 Å². The molecule has 0 aromatic carbocycles. The van der Waals surface area contributed by atoms with Crippen molar-refractivity contribution >= 4 is 36.4 Å². The van der Waals surface area contributed by atoms with Crippen molar-refractivity contribution in [2.24, 2.45) is 0 Å². The lowest BCUT2D eigenvalue weighted by atomic mass is 10.2. The van der Waals surface area contributed by atoms with Gasteiger partial charge in [-0.2, -0.15) is 0 Å². The van der Waals surface area contributed by atoms with Crippen LogP contribution in [0.5, 0.6) is 0 Å². The van der Waals surface area contributed by atoms with Crippen LogP contribution in [0.4, 0.5) is 5.82 Å². The number of fused-ring (bicyclic) bond motifs is 1. The van der Waals surface area contributed by atoms with E-state index in [0.717, 1.165) is 0 Å². The van der Waals surface area contributed by atoms with Gasteiger partial charge in [0, 0.05) is 6.04 Å². The average Bonchev–Trinajstić information content (AvgIpc) is 3.15. The van der Waals surface area contributed by atoms with Gasteiger partial charge in [-0.3, -0.25) is 14.2 Å². The van der Waals surface area contributed by atoms with Gasteiger partial charge in [0.05, 0.1) is 37.6 Å². The highest BCUT2D eigenvalue weighted by atomic mass is 31.2. The van der Waals surface area contributed by atoms with Crippen LogP contribution in [0.2, 0.25) is 0 Å². The van der Waals surface area contributed by atoms with Crippen molar-refractivity contribution in [2.75, 3.05) is 12.1 Å². The zero-order valence-corrected chi connectivity index (χ0v) is 22.8. The van der Waals surface area contributed by atoms with Gasteiger partial charge in [0.2, 0.25) is 7.44 Å². The molecule has 2 rings (SSSR count). The normalized spacial score (nSPS) is 16.0. The van der Waals surface area contributed by atoms with Crippen molar-refractivity contribution in [1.29, 1.82) is 0 Å². The topological polar surface area (TPSA) is 173 Å². The molecule has 14 heteroatoms. The molecule has 0 bridgehead atoms. The molecule has 0 aliphatic rings. The number of aromatic nitrogens is 4. The van der Waals surface area contributed by atoms with E-state index in [2.05, 4.69) is 25.1 Å². The first-order chi connectivity index (χ1) is 16.8. The number of hydrogen-bond donors (Lipinski definition) is 3. The summed E-state index contributed by atoms with van der Waals surface area (Å²) in [6.07, 6.45) is 1.69. The van der Waals surface area contributed by atoms with E-state index < -0.39 is 37.6 Å². The van der Waals surface area contributed by atoms with Crippen molar-refractivity contribution in [3.8, 4) is 0 Å². The summed E-state index contributed by atoms with van der Waals surface area (Å²) in [6, 6.07) is -1.39. The standard InChI is InChI=1S/C22H38N7O6P/c1-13(2)34-18(30)8-15(5)27-36(32,28-17(7)22(31)35-14(3)4)12-33-16(6)9-29-11-26-19-20(23)24-10-25-21(19)29/h10-11,13-17H,8-9,12H2,1-7H3,(H2,23,24,25)(H2,27,28,32)/t15-,16-,17+,36+/m1/s1. The van der Waals surface area contributed by atoms with E-state index in [9.17, 15) is 14.2 Å². The van der Waals surface area contributed by atoms with Crippen molar-refractivity contribution in [3.05, 3.63) is 12.7 Å². The van der Waals surface area contributed by atoms with Crippen LogP contribution < -0.4 is 15.9 Å². The third kappa shape index (κ3) is 9.12. The number of carbonyl (C=O) groups is 2. The second kappa shape index (κ2) is 13.1. The second-order valence-corrected chi connectivity index (χ2v) is 11.5. The van der Waals surface area contributed by atoms with Gasteiger partial charge in [-0.15, -0.1) is 0 Å². The van der Waals surface area contributed by atoms with E-state index in [4.69, 9.17) is 19.9 Å². The number of nitrogens with two attached hydrogens (primary N) is 1. The van der Waals surface area contributed by atoms with Gasteiger partial charge in [-0.1, -0.05) is 0 Å². The summed E-state index contributed by atoms with van der Waals surface area (Å²) in [4.78, 5) is 36.8. The maximum atomic E-state index is 13.8. The minimum Gasteiger partial charge on any atom is -0.463 e. The van der Waals surface area contributed by atoms with Gasteiger partial charge in [-0.05, 0) is 48.5 Å². The van der Waals surface area contributed by atoms with Crippen LogP contribution in [-0.2, 0) is 34.9 Å². The monoisotopic (exact) mass is 527 g/mol. The van der Waals surface area contributed by atoms with Gasteiger partial charge in [0.1, 0.15) is 24.2 Å². The summed E-state index contributed by atoms with van der Waals surface area (Å²) in [5, 5.41) is 5.77. The molecule has 0 fully saturated rings. The predicted octanol–water partition coefficient (Wildman–Crippen LogP) is 2.21. The highest BCUT2D eigenvalue weighted by molar-refractivity contribution is 7.59. The van der Waals surface area contributed by atoms with Crippen molar-refractivity contribution in [3.63, 3.8) is 0 Å². The number of nitrogen functional groups attached to an aromatic ring is 1. The Balaban J connectivity index is 2.09. The van der Waals surface area contributed by atoms with E-state index in [1.165, 1.54) is 6.33 Å². The van der Waals surface area contributed by atoms with Crippen LogP contribution in [-0.4, -0.2) is 68.2 Å². The van der Waals surface area contributed by atoms with Crippen molar-refractivity contribution in [1.82, 2.24) is 29.7 Å². The largest absolute Gasteiger partial charge is 0.463 e. The molecule has 4 atom stereocenters. The van der Waals surface area contributed by atoms with E-state index in [-0.39, 0.29) is 30.8 Å². The van der Waals surface area contributed by atoms with Crippen molar-refractivity contribution < 1.29 is 28.4 Å². The molecule has 0 radical (unpaired) electrons. The number of hydrogen-bond acceptors (Lipinski definition) is 10. The molecule has 2 aromatic heterocycles. The third-order valence-corrected chi connectivity index (χ3v) is 6.98. The molecule has 13 nitrogen and oxygen atoms in total. The number of rotatable bonds is 14. The molecule has 0 unspecified atom stereocenters. The van der Waals surface area contributed by atoms with Gasteiger partial charge >= 0.3 is 11.9 Å². The van der Waals surface area contributed by atoms with E-state index in [1.54, 1.807) is 59.4 Å². The molecule has 2 heterocycles. The van der Waals surface area contributed by atoms with E-state index in [0.29, 0.717) is 17.7 Å². The fourth-order valence-corrected chi connectivity index (χ4v) is 5.59.